The Bertz CT molecular complexity index is 447. The maximum Gasteiger partial charge on any atom is 0.185 e. The van der Waals surface area contributed by atoms with Crippen molar-refractivity contribution in [3.8, 4) is 0 Å². The molecule has 14 heavy (non-hydrogen) atoms. The summed E-state index contributed by atoms with van der Waals surface area (Å²) >= 11 is 1.44. The van der Waals surface area contributed by atoms with E-state index in [2.05, 4.69) is 5.10 Å². The average Bonchev–Trinajstić information content (AvgIpc) is 2.76. The highest BCUT2D eigenvalue weighted by atomic mass is 32.2. The van der Waals surface area contributed by atoms with Gasteiger partial charge in [-0.2, -0.15) is 5.10 Å². The minimum atomic E-state index is 0.344. The Morgan fingerprint density at radius 1 is 1.57 bits per heavy atom. The molecular weight excluding hydrogens is 200 g/mol. The number of rotatable bonds is 3. The smallest absolute Gasteiger partial charge is 0.185 e. The number of aromatic nitrogens is 2. The van der Waals surface area contributed by atoms with Crippen molar-refractivity contribution < 1.29 is 9.21 Å². The van der Waals surface area contributed by atoms with Crippen molar-refractivity contribution in [3.05, 3.63) is 30.3 Å². The third-order valence-electron chi connectivity index (χ3n) is 1.62. The van der Waals surface area contributed by atoms with Gasteiger partial charge in [-0.1, -0.05) is 0 Å². The molecule has 0 bridgehead atoms. The van der Waals surface area contributed by atoms with Crippen LogP contribution in [0.15, 0.2) is 38.9 Å². The first kappa shape index (κ1) is 9.08. The van der Waals surface area contributed by atoms with Crippen LogP contribution in [0.5, 0.6) is 0 Å². The van der Waals surface area contributed by atoms with E-state index in [1.54, 1.807) is 23.0 Å². The number of aryl methyl sites for hydroxylation is 1. The fraction of sp³-hybridized carbons (Fsp3) is 0.111. The fourth-order valence-electron chi connectivity index (χ4n) is 1.02. The molecule has 0 aliphatic rings. The second-order valence-electron chi connectivity index (χ2n) is 2.73. The molecule has 0 aliphatic heterocycles. The first-order valence-electron chi connectivity index (χ1n) is 3.99. The molecule has 0 aromatic carbocycles. The molecule has 0 saturated carbocycles. The molecule has 4 nitrogen and oxygen atoms in total. The van der Waals surface area contributed by atoms with Crippen molar-refractivity contribution in [2.45, 2.75) is 9.99 Å². The number of aldehydes is 1. The van der Waals surface area contributed by atoms with E-state index in [0.717, 1.165) is 4.90 Å². The zero-order valence-corrected chi connectivity index (χ0v) is 8.32. The Morgan fingerprint density at radius 3 is 3.00 bits per heavy atom. The van der Waals surface area contributed by atoms with E-state index in [0.29, 0.717) is 17.1 Å². The van der Waals surface area contributed by atoms with Crippen LogP contribution < -0.4 is 0 Å². The number of hydrogen-bond acceptors (Lipinski definition) is 4. The number of hydrogen-bond donors (Lipinski definition) is 0. The minimum absolute atomic E-state index is 0.344. The third kappa shape index (κ3) is 1.88. The van der Waals surface area contributed by atoms with E-state index in [1.807, 2.05) is 13.2 Å². The van der Waals surface area contributed by atoms with Gasteiger partial charge in [0.15, 0.2) is 17.1 Å². The van der Waals surface area contributed by atoms with E-state index in [1.165, 1.54) is 11.8 Å². The summed E-state index contributed by atoms with van der Waals surface area (Å²) in [6.45, 7) is 0. The van der Waals surface area contributed by atoms with Crippen LogP contribution in [0, 0.1) is 0 Å². The molecule has 2 heterocycles. The predicted octanol–water partition coefficient (Wildman–Crippen LogP) is 1.98. The first-order chi connectivity index (χ1) is 6.78. The lowest BCUT2D eigenvalue weighted by Crippen LogP contribution is -1.83. The molecule has 0 aliphatic carbocycles. The summed E-state index contributed by atoms with van der Waals surface area (Å²) in [6.07, 6.45) is 4.31. The molecule has 2 aromatic heterocycles. The lowest BCUT2D eigenvalue weighted by atomic mass is 10.5. The summed E-state index contributed by atoms with van der Waals surface area (Å²) < 4.78 is 6.92. The van der Waals surface area contributed by atoms with Crippen molar-refractivity contribution in [2.24, 2.45) is 7.05 Å². The van der Waals surface area contributed by atoms with Gasteiger partial charge >= 0.3 is 0 Å². The van der Waals surface area contributed by atoms with Crippen molar-refractivity contribution in [3.63, 3.8) is 0 Å². The highest BCUT2D eigenvalue weighted by Gasteiger charge is 2.04. The van der Waals surface area contributed by atoms with E-state index >= 15 is 0 Å². The van der Waals surface area contributed by atoms with Crippen molar-refractivity contribution in [1.82, 2.24) is 9.78 Å². The molecule has 0 unspecified atom stereocenters. The number of carbonyl (C=O) groups is 1. The van der Waals surface area contributed by atoms with Crippen LogP contribution in [-0.2, 0) is 7.05 Å². The van der Waals surface area contributed by atoms with Crippen LogP contribution in [0.1, 0.15) is 10.6 Å². The van der Waals surface area contributed by atoms with E-state index in [4.69, 9.17) is 4.42 Å². The molecule has 0 spiro atoms. The lowest BCUT2D eigenvalue weighted by molar-refractivity contribution is 0.109. The normalized spacial score (nSPS) is 10.4. The standard InChI is InChI=1S/C9H8N2O2S/c1-11-5-8(4-10-11)14-9-3-2-7(6-12)13-9/h2-6H,1H3. The third-order valence-corrected chi connectivity index (χ3v) is 2.49. The Morgan fingerprint density at radius 2 is 2.43 bits per heavy atom. The van der Waals surface area contributed by atoms with E-state index < -0.39 is 0 Å². The van der Waals surface area contributed by atoms with Gasteiger partial charge in [-0.15, -0.1) is 0 Å². The van der Waals surface area contributed by atoms with Gasteiger partial charge in [0.2, 0.25) is 0 Å². The second-order valence-corrected chi connectivity index (χ2v) is 3.80. The van der Waals surface area contributed by atoms with E-state index in [9.17, 15) is 4.79 Å². The molecule has 2 aromatic rings. The molecule has 0 amide bonds. The molecule has 0 fully saturated rings. The summed E-state index contributed by atoms with van der Waals surface area (Å²) in [5, 5.41) is 4.72. The summed E-state index contributed by atoms with van der Waals surface area (Å²) in [6, 6.07) is 3.41. The van der Waals surface area contributed by atoms with Crippen molar-refractivity contribution in [1.29, 1.82) is 0 Å². The SMILES string of the molecule is Cn1cc(Sc2ccc(C=O)o2)cn1. The Labute approximate surface area is 84.9 Å². The van der Waals surface area contributed by atoms with Gasteiger partial charge in [0.05, 0.1) is 11.1 Å². The van der Waals surface area contributed by atoms with Gasteiger partial charge in [-0.25, -0.2) is 0 Å². The number of furan rings is 1. The largest absolute Gasteiger partial charge is 0.447 e. The lowest BCUT2D eigenvalue weighted by Gasteiger charge is -1.90. The van der Waals surface area contributed by atoms with E-state index in [-0.39, 0.29) is 0 Å². The molecule has 0 atom stereocenters. The molecule has 72 valence electrons. The molecular formula is C9H8N2O2S. The van der Waals surface area contributed by atoms with Crippen LogP contribution in [-0.4, -0.2) is 16.1 Å². The highest BCUT2D eigenvalue weighted by molar-refractivity contribution is 7.99. The van der Waals surface area contributed by atoms with Gasteiger partial charge < -0.3 is 4.42 Å². The maximum atomic E-state index is 10.4. The van der Waals surface area contributed by atoms with Gasteiger partial charge in [0.1, 0.15) is 0 Å². The maximum absolute atomic E-state index is 10.4. The topological polar surface area (TPSA) is 48.0 Å². The summed E-state index contributed by atoms with van der Waals surface area (Å²) in [5.41, 5.74) is 0. The van der Waals surface area contributed by atoms with Gasteiger partial charge in [-0.3, -0.25) is 9.48 Å². The number of nitrogens with zero attached hydrogens (tertiary/aromatic N) is 2. The molecule has 0 radical (unpaired) electrons. The molecule has 2 rings (SSSR count). The number of carbonyl (C=O) groups excluding carboxylic acids is 1. The molecule has 0 N–H and O–H groups in total. The quantitative estimate of drug-likeness (QED) is 0.723. The Hall–Kier alpha value is -1.49. The minimum Gasteiger partial charge on any atom is -0.447 e. The first-order valence-corrected chi connectivity index (χ1v) is 4.81. The van der Waals surface area contributed by atoms with Crippen LogP contribution in [0.25, 0.3) is 0 Å². The van der Waals surface area contributed by atoms with Crippen LogP contribution in [0.4, 0.5) is 0 Å². The zero-order valence-electron chi connectivity index (χ0n) is 7.51. The Kier molecular flexibility index (Phi) is 2.41. The fourth-order valence-corrected chi connectivity index (χ4v) is 1.83. The van der Waals surface area contributed by atoms with Gasteiger partial charge in [0, 0.05) is 13.2 Å². The average molecular weight is 208 g/mol. The van der Waals surface area contributed by atoms with Gasteiger partial charge in [0.25, 0.3) is 0 Å². The Balaban J connectivity index is 2.14. The van der Waals surface area contributed by atoms with Crippen molar-refractivity contribution >= 4 is 18.0 Å². The predicted molar refractivity (Wildman–Crippen MR) is 51.4 cm³/mol. The van der Waals surface area contributed by atoms with Crippen molar-refractivity contribution in [2.75, 3.05) is 0 Å². The van der Waals surface area contributed by atoms with Gasteiger partial charge in [-0.05, 0) is 23.9 Å². The monoisotopic (exact) mass is 208 g/mol. The second kappa shape index (κ2) is 3.71. The zero-order chi connectivity index (χ0) is 9.97. The van der Waals surface area contributed by atoms with Crippen LogP contribution >= 0.6 is 11.8 Å². The summed E-state index contributed by atoms with van der Waals surface area (Å²) in [4.78, 5) is 11.3. The summed E-state index contributed by atoms with van der Waals surface area (Å²) in [7, 11) is 1.85. The van der Waals surface area contributed by atoms with Crippen LogP contribution in [0.2, 0.25) is 0 Å². The summed E-state index contributed by atoms with van der Waals surface area (Å²) in [5.74, 6) is 0.344. The molecule has 5 heteroatoms. The highest BCUT2D eigenvalue weighted by Crippen LogP contribution is 2.28. The molecule has 0 saturated heterocycles. The van der Waals surface area contributed by atoms with Crippen LogP contribution in [0.3, 0.4) is 0 Å².